The Balaban J connectivity index is 4.87. The van der Waals surface area contributed by atoms with Crippen LogP contribution in [0, 0.1) is 5.92 Å². The summed E-state index contributed by atoms with van der Waals surface area (Å²) < 4.78 is 52.4. The molecule has 0 spiro atoms. The molecule has 0 fully saturated rings. The molecular weight excluding hydrogens is 220 g/mol. The summed E-state index contributed by atoms with van der Waals surface area (Å²) in [7, 11) is 0. The van der Waals surface area contributed by atoms with Crippen molar-refractivity contribution in [3.8, 4) is 0 Å². The maximum absolute atomic E-state index is 13.2. The summed E-state index contributed by atoms with van der Waals surface area (Å²) in [6, 6.07) is 0. The zero-order chi connectivity index (χ0) is 12.7. The topological polar surface area (TPSA) is 0 Å². The SMILES string of the molecule is CCCC/C(F)=C(F)\C(F)=C(/F)C(C)CC. The Hall–Kier alpha value is -0.800. The highest BCUT2D eigenvalue weighted by atomic mass is 19.2. The van der Waals surface area contributed by atoms with E-state index in [0.717, 1.165) is 0 Å². The fourth-order valence-corrected chi connectivity index (χ4v) is 1.06. The van der Waals surface area contributed by atoms with Crippen LogP contribution >= 0.6 is 0 Å². The number of unbranched alkanes of at least 4 members (excludes halogenated alkanes) is 1. The van der Waals surface area contributed by atoms with Gasteiger partial charge in [-0.15, -0.1) is 0 Å². The third-order valence-electron chi connectivity index (χ3n) is 2.44. The van der Waals surface area contributed by atoms with Crippen LogP contribution in [-0.2, 0) is 0 Å². The molecule has 0 aliphatic carbocycles. The number of hydrogen-bond donors (Lipinski definition) is 0. The van der Waals surface area contributed by atoms with Crippen LogP contribution in [0.3, 0.4) is 0 Å². The van der Waals surface area contributed by atoms with Gasteiger partial charge < -0.3 is 0 Å². The molecule has 0 rings (SSSR count). The van der Waals surface area contributed by atoms with Crippen molar-refractivity contribution >= 4 is 0 Å². The molecule has 0 nitrogen and oxygen atoms in total. The third-order valence-corrected chi connectivity index (χ3v) is 2.44. The van der Waals surface area contributed by atoms with Crippen molar-refractivity contribution < 1.29 is 17.6 Å². The van der Waals surface area contributed by atoms with E-state index in [1.54, 1.807) is 13.8 Å². The second-order valence-corrected chi connectivity index (χ2v) is 3.79. The van der Waals surface area contributed by atoms with Crippen molar-refractivity contribution in [1.29, 1.82) is 0 Å². The van der Waals surface area contributed by atoms with Gasteiger partial charge >= 0.3 is 0 Å². The molecule has 0 aliphatic rings. The maximum Gasteiger partial charge on any atom is 0.193 e. The van der Waals surface area contributed by atoms with Gasteiger partial charge in [0.1, 0.15) is 11.7 Å². The second-order valence-electron chi connectivity index (χ2n) is 3.79. The first kappa shape index (κ1) is 15.2. The Morgan fingerprint density at radius 1 is 1.00 bits per heavy atom. The van der Waals surface area contributed by atoms with Crippen molar-refractivity contribution in [1.82, 2.24) is 0 Å². The van der Waals surface area contributed by atoms with Gasteiger partial charge in [-0.3, -0.25) is 0 Å². The maximum atomic E-state index is 13.2. The van der Waals surface area contributed by atoms with Crippen molar-refractivity contribution in [2.75, 3.05) is 0 Å². The van der Waals surface area contributed by atoms with Crippen LogP contribution in [-0.4, -0.2) is 0 Å². The molecule has 0 aromatic rings. The second kappa shape index (κ2) is 7.47. The lowest BCUT2D eigenvalue weighted by Gasteiger charge is -2.06. The van der Waals surface area contributed by atoms with E-state index in [9.17, 15) is 17.6 Å². The molecule has 0 saturated heterocycles. The third kappa shape index (κ3) is 4.37. The number of hydrogen-bond acceptors (Lipinski definition) is 0. The Kier molecular flexibility index (Phi) is 7.10. The van der Waals surface area contributed by atoms with Crippen LogP contribution in [0.1, 0.15) is 46.5 Å². The van der Waals surface area contributed by atoms with Crippen molar-refractivity contribution in [2.45, 2.75) is 46.5 Å². The van der Waals surface area contributed by atoms with Crippen molar-refractivity contribution in [3.63, 3.8) is 0 Å². The van der Waals surface area contributed by atoms with E-state index in [-0.39, 0.29) is 6.42 Å². The first-order valence-electron chi connectivity index (χ1n) is 5.55. The summed E-state index contributed by atoms with van der Waals surface area (Å²) in [5, 5.41) is 0. The number of allylic oxidation sites excluding steroid dienone is 4. The minimum Gasteiger partial charge on any atom is -0.208 e. The van der Waals surface area contributed by atoms with Gasteiger partial charge in [0.25, 0.3) is 0 Å². The van der Waals surface area contributed by atoms with Gasteiger partial charge in [-0.2, -0.15) is 0 Å². The Labute approximate surface area is 94.0 Å². The summed E-state index contributed by atoms with van der Waals surface area (Å²) in [5.74, 6) is -6.54. The lowest BCUT2D eigenvalue weighted by atomic mass is 10.1. The molecule has 1 atom stereocenters. The van der Waals surface area contributed by atoms with E-state index in [1.165, 1.54) is 6.92 Å². The monoisotopic (exact) mass is 238 g/mol. The van der Waals surface area contributed by atoms with Gasteiger partial charge in [0.15, 0.2) is 11.7 Å². The van der Waals surface area contributed by atoms with Gasteiger partial charge in [0.2, 0.25) is 0 Å². The summed E-state index contributed by atoms with van der Waals surface area (Å²) in [5.41, 5.74) is 0. The zero-order valence-electron chi connectivity index (χ0n) is 9.92. The van der Waals surface area contributed by atoms with E-state index in [1.807, 2.05) is 0 Å². The van der Waals surface area contributed by atoms with Crippen molar-refractivity contribution in [3.05, 3.63) is 23.3 Å². The van der Waals surface area contributed by atoms with Crippen LogP contribution in [0.15, 0.2) is 23.3 Å². The van der Waals surface area contributed by atoms with Gasteiger partial charge in [0.05, 0.1) is 0 Å². The summed E-state index contributed by atoms with van der Waals surface area (Å²) in [6.45, 7) is 4.87. The molecular formula is C12H18F4. The molecule has 0 aromatic heterocycles. The molecule has 0 N–H and O–H groups in total. The molecule has 0 radical (unpaired) electrons. The molecule has 0 amide bonds. The predicted octanol–water partition coefficient (Wildman–Crippen LogP) is 5.52. The number of rotatable bonds is 6. The van der Waals surface area contributed by atoms with Crippen LogP contribution in [0.2, 0.25) is 0 Å². The fraction of sp³-hybridized carbons (Fsp3) is 0.667. The Morgan fingerprint density at radius 2 is 1.56 bits per heavy atom. The lowest BCUT2D eigenvalue weighted by molar-refractivity contribution is 0.407. The van der Waals surface area contributed by atoms with E-state index < -0.39 is 29.2 Å². The van der Waals surface area contributed by atoms with Crippen LogP contribution in [0.25, 0.3) is 0 Å². The number of halogens is 4. The first-order valence-corrected chi connectivity index (χ1v) is 5.55. The van der Waals surface area contributed by atoms with Gasteiger partial charge in [-0.05, 0) is 12.8 Å². The average Bonchev–Trinajstić information content (AvgIpc) is 2.31. The van der Waals surface area contributed by atoms with E-state index in [2.05, 4.69) is 0 Å². The van der Waals surface area contributed by atoms with Gasteiger partial charge in [-0.1, -0.05) is 27.2 Å². The van der Waals surface area contributed by atoms with E-state index >= 15 is 0 Å². The van der Waals surface area contributed by atoms with Gasteiger partial charge in [-0.25, -0.2) is 17.6 Å². The molecule has 0 saturated carbocycles. The highest BCUT2D eigenvalue weighted by Crippen LogP contribution is 2.29. The van der Waals surface area contributed by atoms with Crippen LogP contribution < -0.4 is 0 Å². The fourth-order valence-electron chi connectivity index (χ4n) is 1.06. The largest absolute Gasteiger partial charge is 0.208 e. The molecule has 16 heavy (non-hydrogen) atoms. The quantitative estimate of drug-likeness (QED) is 0.422. The normalized spacial score (nSPS) is 16.7. The lowest BCUT2D eigenvalue weighted by Crippen LogP contribution is -1.97. The molecule has 4 heteroatoms. The molecule has 1 unspecified atom stereocenters. The highest BCUT2D eigenvalue weighted by Gasteiger charge is 2.20. The zero-order valence-corrected chi connectivity index (χ0v) is 9.92. The summed E-state index contributed by atoms with van der Waals surface area (Å²) in [4.78, 5) is 0. The van der Waals surface area contributed by atoms with E-state index in [0.29, 0.717) is 19.3 Å². The minimum absolute atomic E-state index is 0.191. The van der Waals surface area contributed by atoms with Crippen LogP contribution in [0.4, 0.5) is 17.6 Å². The van der Waals surface area contributed by atoms with Crippen LogP contribution in [0.5, 0.6) is 0 Å². The molecule has 0 bridgehead atoms. The van der Waals surface area contributed by atoms with Crippen molar-refractivity contribution in [2.24, 2.45) is 5.92 Å². The molecule has 0 aliphatic heterocycles. The standard InChI is InChI=1S/C12H18F4/c1-4-6-7-9(13)11(15)12(16)10(14)8(3)5-2/h8H,4-7H2,1-3H3/b11-9-,12-10+. The molecule has 0 heterocycles. The van der Waals surface area contributed by atoms with Gasteiger partial charge in [0, 0.05) is 12.3 Å². The highest BCUT2D eigenvalue weighted by molar-refractivity contribution is 5.25. The molecule has 94 valence electrons. The first-order chi connectivity index (χ1) is 7.45. The smallest absolute Gasteiger partial charge is 0.193 e. The van der Waals surface area contributed by atoms with E-state index in [4.69, 9.17) is 0 Å². The average molecular weight is 238 g/mol. The Morgan fingerprint density at radius 3 is 2.00 bits per heavy atom. The predicted molar refractivity (Wildman–Crippen MR) is 57.5 cm³/mol. The Bertz CT molecular complexity index is 279. The summed E-state index contributed by atoms with van der Waals surface area (Å²) in [6.07, 6.45) is 1.23. The molecule has 0 aromatic carbocycles. The summed E-state index contributed by atoms with van der Waals surface area (Å²) >= 11 is 0. The minimum atomic E-state index is -1.69.